The summed E-state index contributed by atoms with van der Waals surface area (Å²) in [6, 6.07) is 8.71. The predicted octanol–water partition coefficient (Wildman–Crippen LogP) is 2.58. The number of urea groups is 1. The van der Waals surface area contributed by atoms with Gasteiger partial charge >= 0.3 is 6.03 Å². The van der Waals surface area contributed by atoms with Crippen molar-refractivity contribution in [1.29, 1.82) is 0 Å². The van der Waals surface area contributed by atoms with Crippen molar-refractivity contribution >= 4 is 33.3 Å². The predicted molar refractivity (Wildman–Crippen MR) is 134 cm³/mol. The molecule has 3 amide bonds. The molecule has 0 unspecified atom stereocenters. The van der Waals surface area contributed by atoms with E-state index in [1.165, 1.54) is 52.7 Å². The molecule has 1 heterocycles. The van der Waals surface area contributed by atoms with E-state index in [-0.39, 0.29) is 36.9 Å². The maximum Gasteiger partial charge on any atom is 0.323 e. The number of halogens is 1. The van der Waals surface area contributed by atoms with Crippen molar-refractivity contribution in [1.82, 2.24) is 9.21 Å². The van der Waals surface area contributed by atoms with Gasteiger partial charge in [-0.05, 0) is 49.4 Å². The second-order valence-corrected chi connectivity index (χ2v) is 11.1. The second kappa shape index (κ2) is 11.2. The molecule has 196 valence electrons. The summed E-state index contributed by atoms with van der Waals surface area (Å²) in [4.78, 5) is 27.4. The fourth-order valence-electron chi connectivity index (χ4n) is 3.73. The SMILES string of the molecule is C[C@@H]1CN([C@H](C)CO)C(=O)c2cc(NC(=O)Nc3ccc(F)cc3)ccc2O[C@@H]1CN(C)S(C)(=O)=O. The maximum absolute atomic E-state index is 13.4. The standard InChI is InChI=1S/C24H31FN4O6S/c1-15-12-29(16(2)14-30)23(31)20-11-19(27-24(32)26-18-7-5-17(25)6-8-18)9-10-21(20)35-22(15)13-28(3)36(4,33)34/h5-11,15-16,22,30H,12-14H2,1-4H3,(H2,26,27,32)/t15-,16-,22-/m1/s1. The molecule has 10 nitrogen and oxygen atoms in total. The summed E-state index contributed by atoms with van der Waals surface area (Å²) in [6.07, 6.45) is 0.526. The summed E-state index contributed by atoms with van der Waals surface area (Å²) >= 11 is 0. The number of carbonyl (C=O) groups excluding carboxylic acids is 2. The molecule has 3 rings (SSSR count). The molecule has 0 fully saturated rings. The smallest absolute Gasteiger partial charge is 0.323 e. The van der Waals surface area contributed by atoms with Crippen molar-refractivity contribution in [2.24, 2.45) is 5.92 Å². The van der Waals surface area contributed by atoms with Crippen molar-refractivity contribution in [3.05, 3.63) is 53.8 Å². The first-order chi connectivity index (χ1) is 16.9. The van der Waals surface area contributed by atoms with Crippen molar-refractivity contribution in [2.45, 2.75) is 26.0 Å². The van der Waals surface area contributed by atoms with Crippen molar-refractivity contribution < 1.29 is 32.2 Å². The van der Waals surface area contributed by atoms with Crippen LogP contribution in [0, 0.1) is 11.7 Å². The third-order valence-electron chi connectivity index (χ3n) is 6.03. The molecule has 0 aliphatic carbocycles. The Bertz CT molecular complexity index is 1210. The molecule has 0 saturated carbocycles. The first-order valence-corrected chi connectivity index (χ1v) is 13.2. The Kier molecular flexibility index (Phi) is 8.54. The topological polar surface area (TPSA) is 128 Å². The van der Waals surface area contributed by atoms with E-state index < -0.39 is 39.9 Å². The Morgan fingerprint density at radius 3 is 2.44 bits per heavy atom. The number of ether oxygens (including phenoxy) is 1. The lowest BCUT2D eigenvalue weighted by molar-refractivity contribution is 0.0387. The molecule has 0 saturated heterocycles. The van der Waals surface area contributed by atoms with Crippen LogP contribution in [0.5, 0.6) is 5.75 Å². The fourth-order valence-corrected chi connectivity index (χ4v) is 4.15. The van der Waals surface area contributed by atoms with Crippen LogP contribution in [-0.2, 0) is 10.0 Å². The second-order valence-electron chi connectivity index (χ2n) is 8.96. The third kappa shape index (κ3) is 6.71. The molecule has 0 bridgehead atoms. The number of aliphatic hydroxyl groups excluding tert-OH is 1. The van der Waals surface area contributed by atoms with E-state index in [2.05, 4.69) is 10.6 Å². The first kappa shape index (κ1) is 27.4. The normalized spacial score (nSPS) is 19.1. The number of nitrogens with zero attached hydrogens (tertiary/aromatic N) is 2. The van der Waals surface area contributed by atoms with E-state index >= 15 is 0 Å². The number of likely N-dealkylation sites (N-methyl/N-ethyl adjacent to an activating group) is 1. The lowest BCUT2D eigenvalue weighted by Gasteiger charge is -2.38. The van der Waals surface area contributed by atoms with Gasteiger partial charge in [-0.1, -0.05) is 6.92 Å². The van der Waals surface area contributed by atoms with Gasteiger partial charge in [-0.15, -0.1) is 0 Å². The van der Waals surface area contributed by atoms with Crippen LogP contribution < -0.4 is 15.4 Å². The number of anilines is 2. The summed E-state index contributed by atoms with van der Waals surface area (Å²) in [7, 11) is -2.00. The Hall–Kier alpha value is -3.22. The highest BCUT2D eigenvalue weighted by Gasteiger charge is 2.34. The molecule has 3 atom stereocenters. The quantitative estimate of drug-likeness (QED) is 0.513. The molecule has 1 aliphatic rings. The average Bonchev–Trinajstić information content (AvgIpc) is 2.82. The summed E-state index contributed by atoms with van der Waals surface area (Å²) in [6.45, 7) is 3.59. The van der Waals surface area contributed by atoms with Crippen LogP contribution in [0.2, 0.25) is 0 Å². The van der Waals surface area contributed by atoms with Gasteiger partial charge in [0.1, 0.15) is 17.7 Å². The molecule has 1 aliphatic heterocycles. The van der Waals surface area contributed by atoms with E-state index in [1.807, 2.05) is 6.92 Å². The number of sulfonamides is 1. The molecule has 2 aromatic rings. The Labute approximate surface area is 210 Å². The van der Waals surface area contributed by atoms with Gasteiger partial charge < -0.3 is 25.4 Å². The van der Waals surface area contributed by atoms with E-state index in [0.29, 0.717) is 11.4 Å². The van der Waals surface area contributed by atoms with Crippen LogP contribution in [0.3, 0.4) is 0 Å². The highest BCUT2D eigenvalue weighted by atomic mass is 32.2. The zero-order chi connectivity index (χ0) is 26.6. The monoisotopic (exact) mass is 522 g/mol. The Morgan fingerprint density at radius 2 is 1.83 bits per heavy atom. The number of amides is 3. The summed E-state index contributed by atoms with van der Waals surface area (Å²) in [5.74, 6) is -0.841. The van der Waals surface area contributed by atoms with Crippen molar-refractivity contribution in [2.75, 3.05) is 43.6 Å². The molecule has 0 radical (unpaired) electrons. The molecule has 36 heavy (non-hydrogen) atoms. The van der Waals surface area contributed by atoms with Crippen LogP contribution in [0.1, 0.15) is 24.2 Å². The fraction of sp³-hybridized carbons (Fsp3) is 0.417. The number of hydrogen-bond donors (Lipinski definition) is 3. The lowest BCUT2D eigenvalue weighted by atomic mass is 9.99. The molecule has 3 N–H and O–H groups in total. The number of rotatable bonds is 7. The number of hydrogen-bond acceptors (Lipinski definition) is 6. The first-order valence-electron chi connectivity index (χ1n) is 11.4. The summed E-state index contributed by atoms with van der Waals surface area (Å²) in [5, 5.41) is 15.0. The summed E-state index contributed by atoms with van der Waals surface area (Å²) in [5.41, 5.74) is 0.850. The highest BCUT2D eigenvalue weighted by molar-refractivity contribution is 7.88. The van der Waals surface area contributed by atoms with Gasteiger partial charge in [-0.2, -0.15) is 0 Å². The minimum absolute atomic E-state index is 0.0645. The maximum atomic E-state index is 13.4. The van der Waals surface area contributed by atoms with E-state index in [0.717, 1.165) is 6.26 Å². The number of benzene rings is 2. The number of aliphatic hydroxyl groups is 1. The van der Waals surface area contributed by atoms with Gasteiger partial charge in [0.15, 0.2) is 0 Å². The summed E-state index contributed by atoms with van der Waals surface area (Å²) < 4.78 is 44.4. The third-order valence-corrected chi connectivity index (χ3v) is 7.31. The average molecular weight is 523 g/mol. The molecular weight excluding hydrogens is 491 g/mol. The largest absolute Gasteiger partial charge is 0.488 e. The van der Waals surface area contributed by atoms with E-state index in [9.17, 15) is 27.5 Å². The minimum atomic E-state index is -3.46. The van der Waals surface area contributed by atoms with Crippen LogP contribution in [0.15, 0.2) is 42.5 Å². The number of nitrogens with one attached hydrogen (secondary N) is 2. The van der Waals surface area contributed by atoms with Crippen LogP contribution in [0.4, 0.5) is 20.6 Å². The van der Waals surface area contributed by atoms with Gasteiger partial charge in [0.2, 0.25) is 10.0 Å². The van der Waals surface area contributed by atoms with Crippen LogP contribution in [0.25, 0.3) is 0 Å². The van der Waals surface area contributed by atoms with Crippen molar-refractivity contribution in [3.8, 4) is 5.75 Å². The van der Waals surface area contributed by atoms with Gasteiger partial charge in [-0.3, -0.25) is 4.79 Å². The van der Waals surface area contributed by atoms with Crippen molar-refractivity contribution in [3.63, 3.8) is 0 Å². The molecule has 0 aromatic heterocycles. The zero-order valence-corrected chi connectivity index (χ0v) is 21.4. The van der Waals surface area contributed by atoms with Crippen LogP contribution >= 0.6 is 0 Å². The minimum Gasteiger partial charge on any atom is -0.488 e. The molecule has 12 heteroatoms. The van der Waals surface area contributed by atoms with E-state index in [4.69, 9.17) is 4.74 Å². The number of fused-ring (bicyclic) bond motifs is 1. The van der Waals surface area contributed by atoms with Gasteiger partial charge in [-0.25, -0.2) is 21.9 Å². The molecular formula is C24H31FN4O6S. The lowest BCUT2D eigenvalue weighted by Crippen LogP contribution is -2.50. The van der Waals surface area contributed by atoms with Crippen LogP contribution in [-0.4, -0.2) is 79.8 Å². The highest BCUT2D eigenvalue weighted by Crippen LogP contribution is 2.31. The van der Waals surface area contributed by atoms with E-state index in [1.54, 1.807) is 13.0 Å². The van der Waals surface area contributed by atoms with Gasteiger partial charge in [0.05, 0.1) is 31.0 Å². The Balaban J connectivity index is 1.90. The van der Waals surface area contributed by atoms with Gasteiger partial charge in [0, 0.05) is 30.9 Å². The Morgan fingerprint density at radius 1 is 1.22 bits per heavy atom. The van der Waals surface area contributed by atoms with Gasteiger partial charge in [0.25, 0.3) is 5.91 Å². The molecule has 2 aromatic carbocycles. The zero-order valence-electron chi connectivity index (χ0n) is 20.6. The molecule has 0 spiro atoms. The number of carbonyl (C=O) groups is 2.